The predicted molar refractivity (Wildman–Crippen MR) is 79.2 cm³/mol. The van der Waals surface area contributed by atoms with Crippen molar-refractivity contribution in [1.82, 2.24) is 19.6 Å². The van der Waals surface area contributed by atoms with Crippen LogP contribution in [0.1, 0.15) is 38.7 Å². The first-order chi connectivity index (χ1) is 9.47. The fourth-order valence-electron chi connectivity index (χ4n) is 3.15. The van der Waals surface area contributed by atoms with Crippen LogP contribution in [0, 0.1) is 0 Å². The second-order valence-electron chi connectivity index (χ2n) is 6.12. The molecule has 2 rings (SSSR count). The van der Waals surface area contributed by atoms with Gasteiger partial charge in [0.05, 0.1) is 12.7 Å². The highest BCUT2D eigenvalue weighted by atomic mass is 16.2. The minimum absolute atomic E-state index is 0.246. The summed E-state index contributed by atoms with van der Waals surface area (Å²) in [5.41, 5.74) is 1.14. The maximum Gasteiger partial charge on any atom is 0.237 e. The van der Waals surface area contributed by atoms with Crippen molar-refractivity contribution in [2.75, 3.05) is 13.6 Å². The lowest BCUT2D eigenvalue weighted by Gasteiger charge is -2.39. The van der Waals surface area contributed by atoms with Gasteiger partial charge < -0.3 is 4.90 Å². The summed E-state index contributed by atoms with van der Waals surface area (Å²) in [6, 6.07) is 0.746. The van der Waals surface area contributed by atoms with Crippen molar-refractivity contribution in [2.24, 2.45) is 7.05 Å². The average Bonchev–Trinajstić information content (AvgIpc) is 2.74. The molecule has 2 unspecified atom stereocenters. The number of likely N-dealkylation sites (N-methyl/N-ethyl adjacent to an activating group) is 1. The quantitative estimate of drug-likeness (QED) is 0.841. The molecule has 0 radical (unpaired) electrons. The molecule has 1 aromatic rings. The van der Waals surface area contributed by atoms with E-state index in [1.54, 1.807) is 4.68 Å². The van der Waals surface area contributed by atoms with Crippen molar-refractivity contribution < 1.29 is 4.79 Å². The fraction of sp³-hybridized carbons (Fsp3) is 0.733. The van der Waals surface area contributed by atoms with Gasteiger partial charge in [0.1, 0.15) is 0 Å². The smallest absolute Gasteiger partial charge is 0.237 e. The summed E-state index contributed by atoms with van der Waals surface area (Å²) in [4.78, 5) is 16.6. The Morgan fingerprint density at radius 2 is 2.05 bits per heavy atom. The third kappa shape index (κ3) is 3.60. The molecule has 1 amide bonds. The number of piperidine rings is 1. The second kappa shape index (κ2) is 6.39. The Hall–Kier alpha value is -1.36. The van der Waals surface area contributed by atoms with Crippen molar-refractivity contribution in [3.63, 3.8) is 0 Å². The van der Waals surface area contributed by atoms with Crippen LogP contribution < -0.4 is 0 Å². The Morgan fingerprint density at radius 3 is 2.60 bits per heavy atom. The van der Waals surface area contributed by atoms with E-state index in [4.69, 9.17) is 0 Å². The van der Waals surface area contributed by atoms with E-state index >= 15 is 0 Å². The molecule has 1 aliphatic heterocycles. The maximum atomic E-state index is 12.5. The number of aryl methyl sites for hydroxylation is 1. The third-order valence-corrected chi connectivity index (χ3v) is 4.10. The standard InChI is InChI=1S/C15H26N4O/c1-12-6-5-7-13(2)19(12)15(20)11-17(3)9-14-8-16-18(4)10-14/h8,10,12-13H,5-7,9,11H2,1-4H3. The van der Waals surface area contributed by atoms with Gasteiger partial charge >= 0.3 is 0 Å². The molecular formula is C15H26N4O. The van der Waals surface area contributed by atoms with E-state index in [2.05, 4.69) is 28.7 Å². The Kier molecular flexibility index (Phi) is 4.81. The molecule has 0 aromatic carbocycles. The SMILES string of the molecule is CC1CCCC(C)N1C(=O)CN(C)Cc1cnn(C)c1. The van der Waals surface area contributed by atoms with Gasteiger partial charge in [-0.2, -0.15) is 5.10 Å². The minimum Gasteiger partial charge on any atom is -0.336 e. The number of amides is 1. The number of hydrogen-bond donors (Lipinski definition) is 0. The molecule has 1 aliphatic rings. The molecule has 2 heterocycles. The molecule has 112 valence electrons. The van der Waals surface area contributed by atoms with E-state index in [1.807, 2.05) is 26.5 Å². The highest BCUT2D eigenvalue weighted by Crippen LogP contribution is 2.22. The lowest BCUT2D eigenvalue weighted by Crippen LogP contribution is -2.50. The number of rotatable bonds is 4. The van der Waals surface area contributed by atoms with Crippen LogP contribution in [0.4, 0.5) is 0 Å². The summed E-state index contributed by atoms with van der Waals surface area (Å²) < 4.78 is 1.79. The van der Waals surface area contributed by atoms with Crippen molar-refractivity contribution in [3.8, 4) is 0 Å². The van der Waals surface area contributed by atoms with Gasteiger partial charge in [-0.25, -0.2) is 0 Å². The first-order valence-electron chi connectivity index (χ1n) is 7.44. The topological polar surface area (TPSA) is 41.4 Å². The van der Waals surface area contributed by atoms with Crippen molar-refractivity contribution in [1.29, 1.82) is 0 Å². The van der Waals surface area contributed by atoms with Gasteiger partial charge in [-0.1, -0.05) is 0 Å². The Morgan fingerprint density at radius 1 is 1.40 bits per heavy atom. The summed E-state index contributed by atoms with van der Waals surface area (Å²) >= 11 is 0. The van der Waals surface area contributed by atoms with Crippen LogP contribution in [0.5, 0.6) is 0 Å². The summed E-state index contributed by atoms with van der Waals surface area (Å²) in [6.07, 6.45) is 7.34. The molecule has 2 atom stereocenters. The van der Waals surface area contributed by atoms with Gasteiger partial charge in [-0.15, -0.1) is 0 Å². The summed E-state index contributed by atoms with van der Waals surface area (Å²) in [5.74, 6) is 0.246. The van der Waals surface area contributed by atoms with Crippen molar-refractivity contribution >= 4 is 5.91 Å². The zero-order valence-corrected chi connectivity index (χ0v) is 13.0. The molecule has 0 aliphatic carbocycles. The first kappa shape index (κ1) is 15.0. The number of aromatic nitrogens is 2. The maximum absolute atomic E-state index is 12.5. The van der Waals surface area contributed by atoms with Gasteiger partial charge in [-0.3, -0.25) is 14.4 Å². The molecule has 5 heteroatoms. The molecule has 0 spiro atoms. The van der Waals surface area contributed by atoms with E-state index in [-0.39, 0.29) is 5.91 Å². The largest absolute Gasteiger partial charge is 0.336 e. The second-order valence-corrected chi connectivity index (χ2v) is 6.12. The average molecular weight is 278 g/mol. The number of nitrogens with zero attached hydrogens (tertiary/aromatic N) is 4. The van der Waals surface area contributed by atoms with Gasteiger partial charge in [0, 0.05) is 37.4 Å². The predicted octanol–water partition coefficient (Wildman–Crippen LogP) is 1.64. The number of hydrogen-bond acceptors (Lipinski definition) is 3. The van der Waals surface area contributed by atoms with E-state index < -0.39 is 0 Å². The molecular weight excluding hydrogens is 252 g/mol. The molecule has 1 saturated heterocycles. The number of carbonyl (C=O) groups is 1. The van der Waals surface area contributed by atoms with Crippen molar-refractivity contribution in [2.45, 2.75) is 51.7 Å². The highest BCUT2D eigenvalue weighted by Gasteiger charge is 2.29. The van der Waals surface area contributed by atoms with Crippen LogP contribution in [-0.4, -0.2) is 51.2 Å². The van der Waals surface area contributed by atoms with Crippen LogP contribution in [-0.2, 0) is 18.4 Å². The van der Waals surface area contributed by atoms with Crippen LogP contribution in [0.3, 0.4) is 0 Å². The van der Waals surface area contributed by atoms with E-state index in [9.17, 15) is 4.79 Å². The lowest BCUT2D eigenvalue weighted by molar-refractivity contribution is -0.138. The third-order valence-electron chi connectivity index (χ3n) is 4.10. The Labute approximate surface area is 121 Å². The zero-order valence-electron chi connectivity index (χ0n) is 13.0. The van der Waals surface area contributed by atoms with E-state index in [0.29, 0.717) is 18.6 Å². The Bertz CT molecular complexity index is 446. The first-order valence-corrected chi connectivity index (χ1v) is 7.44. The van der Waals surface area contributed by atoms with Gasteiger partial charge in [0.25, 0.3) is 0 Å². The summed E-state index contributed by atoms with van der Waals surface area (Å²) in [7, 11) is 3.90. The number of carbonyl (C=O) groups excluding carboxylic acids is 1. The van der Waals surface area contributed by atoms with E-state index in [1.165, 1.54) is 6.42 Å². The van der Waals surface area contributed by atoms with Gasteiger partial charge in [0.2, 0.25) is 5.91 Å². The molecule has 0 N–H and O–H groups in total. The van der Waals surface area contributed by atoms with Crippen LogP contribution in [0.15, 0.2) is 12.4 Å². The number of likely N-dealkylation sites (tertiary alicyclic amines) is 1. The molecule has 1 aromatic heterocycles. The fourth-order valence-corrected chi connectivity index (χ4v) is 3.15. The summed E-state index contributed by atoms with van der Waals surface area (Å²) in [5, 5.41) is 4.16. The van der Waals surface area contributed by atoms with Crippen LogP contribution in [0.25, 0.3) is 0 Å². The van der Waals surface area contributed by atoms with Crippen LogP contribution >= 0.6 is 0 Å². The van der Waals surface area contributed by atoms with E-state index in [0.717, 1.165) is 24.9 Å². The van der Waals surface area contributed by atoms with Gasteiger partial charge in [-0.05, 0) is 40.2 Å². The summed E-state index contributed by atoms with van der Waals surface area (Å²) in [6.45, 7) is 5.56. The molecule has 0 saturated carbocycles. The molecule has 0 bridgehead atoms. The van der Waals surface area contributed by atoms with Gasteiger partial charge in [0.15, 0.2) is 0 Å². The molecule has 5 nitrogen and oxygen atoms in total. The zero-order chi connectivity index (χ0) is 14.7. The Balaban J connectivity index is 1.89. The molecule has 20 heavy (non-hydrogen) atoms. The lowest BCUT2D eigenvalue weighted by atomic mass is 9.97. The molecule has 1 fully saturated rings. The minimum atomic E-state index is 0.246. The van der Waals surface area contributed by atoms with Crippen molar-refractivity contribution in [3.05, 3.63) is 18.0 Å². The normalized spacial score (nSPS) is 23.4. The highest BCUT2D eigenvalue weighted by molar-refractivity contribution is 5.79. The monoisotopic (exact) mass is 278 g/mol. The van der Waals surface area contributed by atoms with Crippen LogP contribution in [0.2, 0.25) is 0 Å².